The molecule has 0 aliphatic rings. The maximum atomic E-state index is 9.25. The number of nitrogens with zero attached hydrogens (tertiary/aromatic N) is 1. The number of hydrogen-bond acceptors (Lipinski definition) is 3. The third-order valence-electron chi connectivity index (χ3n) is 2.27. The summed E-state index contributed by atoms with van der Waals surface area (Å²) in [5.41, 5.74) is 1.63. The van der Waals surface area contributed by atoms with Gasteiger partial charge in [0.05, 0.1) is 13.2 Å². The second-order valence-corrected chi connectivity index (χ2v) is 3.83. The Labute approximate surface area is 101 Å². The van der Waals surface area contributed by atoms with Crippen LogP contribution in [-0.4, -0.2) is 29.9 Å². The minimum Gasteiger partial charge on any atom is -0.395 e. The highest BCUT2D eigenvalue weighted by molar-refractivity contribution is 6.30. The Morgan fingerprint density at radius 1 is 1.38 bits per heavy atom. The highest BCUT2D eigenvalue weighted by atomic mass is 35.5. The SMILES string of the molecule is C=CCN(CCO)c1ccc(Cl)cc1CO. The van der Waals surface area contributed by atoms with Crippen LogP contribution in [0.2, 0.25) is 5.02 Å². The lowest BCUT2D eigenvalue weighted by molar-refractivity contribution is 0.281. The summed E-state index contributed by atoms with van der Waals surface area (Å²) in [4.78, 5) is 1.94. The van der Waals surface area contributed by atoms with Crippen molar-refractivity contribution in [2.45, 2.75) is 6.61 Å². The molecule has 0 unspecified atom stereocenters. The first-order valence-electron chi connectivity index (χ1n) is 5.09. The molecule has 1 aromatic rings. The third-order valence-corrected chi connectivity index (χ3v) is 2.51. The molecule has 4 heteroatoms. The zero-order chi connectivity index (χ0) is 12.0. The van der Waals surface area contributed by atoms with Gasteiger partial charge in [-0.2, -0.15) is 0 Å². The Morgan fingerprint density at radius 2 is 2.12 bits per heavy atom. The third kappa shape index (κ3) is 3.23. The van der Waals surface area contributed by atoms with Gasteiger partial charge in [-0.25, -0.2) is 0 Å². The number of aliphatic hydroxyl groups excluding tert-OH is 2. The Bertz CT molecular complexity index is 355. The second-order valence-electron chi connectivity index (χ2n) is 3.39. The van der Waals surface area contributed by atoms with E-state index >= 15 is 0 Å². The molecular formula is C12H16ClNO2. The summed E-state index contributed by atoms with van der Waals surface area (Å²) in [5.74, 6) is 0. The summed E-state index contributed by atoms with van der Waals surface area (Å²) in [5, 5.41) is 18.8. The topological polar surface area (TPSA) is 43.7 Å². The van der Waals surface area contributed by atoms with Gasteiger partial charge in [0.25, 0.3) is 0 Å². The summed E-state index contributed by atoms with van der Waals surface area (Å²) in [7, 11) is 0. The van der Waals surface area contributed by atoms with Gasteiger partial charge in [-0.15, -0.1) is 6.58 Å². The molecule has 0 saturated carbocycles. The largest absolute Gasteiger partial charge is 0.395 e. The average molecular weight is 242 g/mol. The molecule has 0 radical (unpaired) electrons. The van der Waals surface area contributed by atoms with E-state index in [9.17, 15) is 5.11 Å². The van der Waals surface area contributed by atoms with E-state index in [4.69, 9.17) is 16.7 Å². The lowest BCUT2D eigenvalue weighted by atomic mass is 10.1. The van der Waals surface area contributed by atoms with Crippen LogP contribution in [-0.2, 0) is 6.61 Å². The van der Waals surface area contributed by atoms with E-state index in [0.29, 0.717) is 18.1 Å². The van der Waals surface area contributed by atoms with E-state index in [1.807, 2.05) is 11.0 Å². The fourth-order valence-corrected chi connectivity index (χ4v) is 1.77. The quantitative estimate of drug-likeness (QED) is 0.747. The smallest absolute Gasteiger partial charge is 0.0702 e. The maximum absolute atomic E-state index is 9.25. The number of hydrogen-bond donors (Lipinski definition) is 2. The Hall–Kier alpha value is -1.03. The van der Waals surface area contributed by atoms with Crippen molar-refractivity contribution in [3.05, 3.63) is 41.4 Å². The van der Waals surface area contributed by atoms with E-state index in [2.05, 4.69) is 6.58 Å². The van der Waals surface area contributed by atoms with Crippen molar-refractivity contribution in [1.82, 2.24) is 0 Å². The monoisotopic (exact) mass is 241 g/mol. The van der Waals surface area contributed by atoms with Crippen LogP contribution < -0.4 is 4.90 Å². The van der Waals surface area contributed by atoms with Crippen LogP contribution in [0.4, 0.5) is 5.69 Å². The molecule has 0 aromatic heterocycles. The predicted molar refractivity (Wildman–Crippen MR) is 66.9 cm³/mol. The standard InChI is InChI=1S/C12H16ClNO2/c1-2-5-14(6-7-15)12-4-3-11(13)8-10(12)9-16/h2-4,8,15-16H,1,5-7,9H2. The summed E-state index contributed by atoms with van der Waals surface area (Å²) < 4.78 is 0. The fraction of sp³-hybridized carbons (Fsp3) is 0.333. The summed E-state index contributed by atoms with van der Waals surface area (Å²) in [6, 6.07) is 5.33. The van der Waals surface area contributed by atoms with Gasteiger partial charge in [0.15, 0.2) is 0 Å². The first-order chi connectivity index (χ1) is 7.72. The van der Waals surface area contributed by atoms with E-state index in [1.54, 1.807) is 18.2 Å². The predicted octanol–water partition coefficient (Wildman–Crippen LogP) is 1.82. The van der Waals surface area contributed by atoms with Crippen LogP contribution in [0.25, 0.3) is 0 Å². The Balaban J connectivity index is 3.01. The summed E-state index contributed by atoms with van der Waals surface area (Å²) in [6.07, 6.45) is 1.76. The number of rotatable bonds is 6. The summed E-state index contributed by atoms with van der Waals surface area (Å²) >= 11 is 5.86. The molecule has 2 N–H and O–H groups in total. The Morgan fingerprint density at radius 3 is 2.69 bits per heavy atom. The fourth-order valence-electron chi connectivity index (χ4n) is 1.58. The van der Waals surface area contributed by atoms with Crippen LogP contribution in [0.15, 0.2) is 30.9 Å². The summed E-state index contributed by atoms with van der Waals surface area (Å²) in [6.45, 7) is 4.77. The molecule has 0 amide bonds. The van der Waals surface area contributed by atoms with Gasteiger partial charge in [0.2, 0.25) is 0 Å². The van der Waals surface area contributed by atoms with Crippen molar-refractivity contribution in [1.29, 1.82) is 0 Å². The van der Waals surface area contributed by atoms with Gasteiger partial charge < -0.3 is 15.1 Å². The molecule has 0 saturated heterocycles. The van der Waals surface area contributed by atoms with Gasteiger partial charge in [0.1, 0.15) is 0 Å². The number of aliphatic hydroxyl groups is 2. The van der Waals surface area contributed by atoms with Crippen LogP contribution in [0.3, 0.4) is 0 Å². The molecule has 0 spiro atoms. The van der Waals surface area contributed by atoms with E-state index in [-0.39, 0.29) is 13.2 Å². The molecule has 0 heterocycles. The highest BCUT2D eigenvalue weighted by Gasteiger charge is 2.09. The second kappa shape index (κ2) is 6.53. The normalized spacial score (nSPS) is 10.2. The van der Waals surface area contributed by atoms with Crippen molar-refractivity contribution in [3.8, 4) is 0 Å². The molecule has 0 fully saturated rings. The maximum Gasteiger partial charge on any atom is 0.0702 e. The molecular weight excluding hydrogens is 226 g/mol. The van der Waals surface area contributed by atoms with Crippen molar-refractivity contribution in [2.24, 2.45) is 0 Å². The van der Waals surface area contributed by atoms with Gasteiger partial charge in [-0.05, 0) is 18.2 Å². The molecule has 0 bridgehead atoms. The molecule has 3 nitrogen and oxygen atoms in total. The average Bonchev–Trinajstić information content (AvgIpc) is 2.28. The lowest BCUT2D eigenvalue weighted by Gasteiger charge is -2.24. The van der Waals surface area contributed by atoms with Crippen LogP contribution >= 0.6 is 11.6 Å². The van der Waals surface area contributed by atoms with Crippen molar-refractivity contribution < 1.29 is 10.2 Å². The lowest BCUT2D eigenvalue weighted by Crippen LogP contribution is -2.27. The zero-order valence-corrected chi connectivity index (χ0v) is 9.82. The van der Waals surface area contributed by atoms with E-state index in [1.165, 1.54) is 0 Å². The molecule has 16 heavy (non-hydrogen) atoms. The van der Waals surface area contributed by atoms with E-state index in [0.717, 1.165) is 11.3 Å². The van der Waals surface area contributed by atoms with Crippen LogP contribution in [0.1, 0.15) is 5.56 Å². The first kappa shape index (κ1) is 13.0. The van der Waals surface area contributed by atoms with Gasteiger partial charge >= 0.3 is 0 Å². The van der Waals surface area contributed by atoms with E-state index < -0.39 is 0 Å². The van der Waals surface area contributed by atoms with Crippen molar-refractivity contribution >= 4 is 17.3 Å². The zero-order valence-electron chi connectivity index (χ0n) is 9.06. The number of benzene rings is 1. The van der Waals surface area contributed by atoms with Crippen molar-refractivity contribution in [3.63, 3.8) is 0 Å². The molecule has 0 atom stereocenters. The highest BCUT2D eigenvalue weighted by Crippen LogP contribution is 2.24. The van der Waals surface area contributed by atoms with Crippen LogP contribution in [0.5, 0.6) is 0 Å². The first-order valence-corrected chi connectivity index (χ1v) is 5.46. The van der Waals surface area contributed by atoms with Gasteiger partial charge in [0, 0.05) is 29.4 Å². The number of anilines is 1. The van der Waals surface area contributed by atoms with Gasteiger partial charge in [-0.1, -0.05) is 17.7 Å². The molecule has 88 valence electrons. The molecule has 0 aliphatic carbocycles. The molecule has 1 aromatic carbocycles. The minimum absolute atomic E-state index is 0.0569. The van der Waals surface area contributed by atoms with Gasteiger partial charge in [-0.3, -0.25) is 0 Å². The number of halogens is 1. The van der Waals surface area contributed by atoms with Crippen LogP contribution in [0, 0.1) is 0 Å². The van der Waals surface area contributed by atoms with Crippen molar-refractivity contribution in [2.75, 3.05) is 24.6 Å². The Kier molecular flexibility index (Phi) is 5.32. The minimum atomic E-state index is -0.0744. The molecule has 0 aliphatic heterocycles. The molecule has 1 rings (SSSR count).